The Hall–Kier alpha value is -1.46. The molecule has 0 aromatic carbocycles. The fourth-order valence-corrected chi connectivity index (χ4v) is 2.11. The van der Waals surface area contributed by atoms with Crippen LogP contribution < -0.4 is 11.1 Å². The van der Waals surface area contributed by atoms with E-state index in [0.717, 1.165) is 19.4 Å². The van der Waals surface area contributed by atoms with Crippen LogP contribution in [0.5, 0.6) is 0 Å². The number of pyridine rings is 1. The van der Waals surface area contributed by atoms with Gasteiger partial charge in [-0.1, -0.05) is 0 Å². The van der Waals surface area contributed by atoms with Crippen LogP contribution in [0.1, 0.15) is 35.8 Å². The van der Waals surface area contributed by atoms with Crippen LogP contribution in [-0.4, -0.2) is 29.6 Å². The van der Waals surface area contributed by atoms with E-state index in [-0.39, 0.29) is 11.4 Å². The summed E-state index contributed by atoms with van der Waals surface area (Å²) in [5.41, 5.74) is 6.55. The van der Waals surface area contributed by atoms with Crippen molar-refractivity contribution in [3.8, 4) is 0 Å². The van der Waals surface area contributed by atoms with Crippen LogP contribution in [0, 0.1) is 0 Å². The van der Waals surface area contributed by atoms with Gasteiger partial charge in [0.1, 0.15) is 0 Å². The molecule has 1 atom stereocenters. The van der Waals surface area contributed by atoms with Gasteiger partial charge >= 0.3 is 0 Å². The van der Waals surface area contributed by atoms with Gasteiger partial charge in [-0.2, -0.15) is 0 Å². The highest BCUT2D eigenvalue weighted by Crippen LogP contribution is 2.19. The van der Waals surface area contributed by atoms with Crippen molar-refractivity contribution >= 4 is 5.91 Å². The SMILES string of the molecule is CC1(NC(=O)c2ccnc(CN)c2)CCCOC1. The molecule has 3 N–H and O–H groups in total. The van der Waals surface area contributed by atoms with Gasteiger partial charge < -0.3 is 15.8 Å². The maximum absolute atomic E-state index is 12.2. The first kappa shape index (κ1) is 13.0. The van der Waals surface area contributed by atoms with Gasteiger partial charge in [0.2, 0.25) is 0 Å². The van der Waals surface area contributed by atoms with Gasteiger partial charge in [-0.3, -0.25) is 9.78 Å². The fourth-order valence-electron chi connectivity index (χ4n) is 2.11. The lowest BCUT2D eigenvalue weighted by Crippen LogP contribution is -2.51. The van der Waals surface area contributed by atoms with E-state index in [1.54, 1.807) is 18.3 Å². The van der Waals surface area contributed by atoms with Crippen molar-refractivity contribution in [2.24, 2.45) is 5.73 Å². The third-order valence-corrected chi connectivity index (χ3v) is 3.14. The molecule has 5 heteroatoms. The molecule has 5 nitrogen and oxygen atoms in total. The van der Waals surface area contributed by atoms with E-state index in [2.05, 4.69) is 10.3 Å². The van der Waals surface area contributed by atoms with Crippen LogP contribution in [0.15, 0.2) is 18.3 Å². The molecule has 0 spiro atoms. The number of rotatable bonds is 3. The first-order valence-electron chi connectivity index (χ1n) is 6.18. The summed E-state index contributed by atoms with van der Waals surface area (Å²) in [6.07, 6.45) is 3.52. The van der Waals surface area contributed by atoms with Crippen LogP contribution in [0.25, 0.3) is 0 Å². The lowest BCUT2D eigenvalue weighted by molar-refractivity contribution is 0.0272. The average Bonchev–Trinajstić information content (AvgIpc) is 2.39. The van der Waals surface area contributed by atoms with Gasteiger partial charge in [-0.05, 0) is 31.9 Å². The number of ether oxygens (including phenoxy) is 1. The number of hydrogen-bond donors (Lipinski definition) is 2. The van der Waals surface area contributed by atoms with Crippen LogP contribution in [0.4, 0.5) is 0 Å². The zero-order valence-electron chi connectivity index (χ0n) is 10.6. The quantitative estimate of drug-likeness (QED) is 0.832. The zero-order chi connectivity index (χ0) is 13.0. The van der Waals surface area contributed by atoms with E-state index in [1.807, 2.05) is 6.92 Å². The highest BCUT2D eigenvalue weighted by Gasteiger charge is 2.29. The molecule has 2 heterocycles. The van der Waals surface area contributed by atoms with Crippen molar-refractivity contribution in [2.75, 3.05) is 13.2 Å². The van der Waals surface area contributed by atoms with Crippen LogP contribution >= 0.6 is 0 Å². The average molecular weight is 249 g/mol. The van der Waals surface area contributed by atoms with Gasteiger partial charge in [-0.25, -0.2) is 0 Å². The van der Waals surface area contributed by atoms with Crippen molar-refractivity contribution in [1.82, 2.24) is 10.3 Å². The Labute approximate surface area is 107 Å². The second-order valence-corrected chi connectivity index (χ2v) is 4.91. The Balaban J connectivity index is 2.06. The lowest BCUT2D eigenvalue weighted by atomic mass is 9.94. The molecule has 1 saturated heterocycles. The maximum atomic E-state index is 12.2. The summed E-state index contributed by atoms with van der Waals surface area (Å²) >= 11 is 0. The fraction of sp³-hybridized carbons (Fsp3) is 0.538. The summed E-state index contributed by atoms with van der Waals surface area (Å²) < 4.78 is 5.42. The van der Waals surface area contributed by atoms with E-state index < -0.39 is 0 Å². The van der Waals surface area contributed by atoms with Crippen LogP contribution in [0.3, 0.4) is 0 Å². The van der Waals surface area contributed by atoms with E-state index in [1.165, 1.54) is 0 Å². The first-order valence-corrected chi connectivity index (χ1v) is 6.18. The molecule has 1 fully saturated rings. The number of amides is 1. The normalized spacial score (nSPS) is 23.7. The molecule has 1 aromatic rings. The van der Waals surface area contributed by atoms with Crippen molar-refractivity contribution in [3.05, 3.63) is 29.6 Å². The van der Waals surface area contributed by atoms with Crippen molar-refractivity contribution < 1.29 is 9.53 Å². The molecule has 1 amide bonds. The summed E-state index contributed by atoms with van der Waals surface area (Å²) in [6, 6.07) is 3.42. The minimum atomic E-state index is -0.276. The molecule has 98 valence electrons. The highest BCUT2D eigenvalue weighted by molar-refractivity contribution is 5.94. The third kappa shape index (κ3) is 3.05. The van der Waals surface area contributed by atoms with Gasteiger partial charge in [0.05, 0.1) is 17.8 Å². The van der Waals surface area contributed by atoms with E-state index in [4.69, 9.17) is 10.5 Å². The monoisotopic (exact) mass is 249 g/mol. The molecule has 0 saturated carbocycles. The number of hydrogen-bond acceptors (Lipinski definition) is 4. The predicted molar refractivity (Wildman–Crippen MR) is 68.1 cm³/mol. The van der Waals surface area contributed by atoms with Crippen LogP contribution in [-0.2, 0) is 11.3 Å². The third-order valence-electron chi connectivity index (χ3n) is 3.14. The second-order valence-electron chi connectivity index (χ2n) is 4.91. The topological polar surface area (TPSA) is 77.2 Å². The maximum Gasteiger partial charge on any atom is 0.251 e. The summed E-state index contributed by atoms with van der Waals surface area (Å²) in [7, 11) is 0. The highest BCUT2D eigenvalue weighted by atomic mass is 16.5. The first-order chi connectivity index (χ1) is 8.63. The Morgan fingerprint density at radius 2 is 2.50 bits per heavy atom. The van der Waals surface area contributed by atoms with E-state index >= 15 is 0 Å². The molecule has 1 aromatic heterocycles. The molecular weight excluding hydrogens is 230 g/mol. The Morgan fingerprint density at radius 3 is 3.17 bits per heavy atom. The Kier molecular flexibility index (Phi) is 3.93. The Bertz CT molecular complexity index is 428. The van der Waals surface area contributed by atoms with Crippen molar-refractivity contribution in [3.63, 3.8) is 0 Å². The molecule has 1 unspecified atom stereocenters. The second kappa shape index (κ2) is 5.46. The van der Waals surface area contributed by atoms with Crippen LogP contribution in [0.2, 0.25) is 0 Å². The lowest BCUT2D eigenvalue weighted by Gasteiger charge is -2.34. The van der Waals surface area contributed by atoms with Gasteiger partial charge in [-0.15, -0.1) is 0 Å². The zero-order valence-corrected chi connectivity index (χ0v) is 10.6. The summed E-state index contributed by atoms with van der Waals surface area (Å²) in [4.78, 5) is 16.2. The van der Waals surface area contributed by atoms with Crippen molar-refractivity contribution in [1.29, 1.82) is 0 Å². The predicted octanol–water partition coefficient (Wildman–Crippen LogP) is 0.839. The summed E-state index contributed by atoms with van der Waals surface area (Å²) in [6.45, 7) is 3.68. The minimum Gasteiger partial charge on any atom is -0.379 e. The number of aromatic nitrogens is 1. The molecule has 0 aliphatic carbocycles. The molecule has 1 aliphatic heterocycles. The number of carbonyl (C=O) groups excluding carboxylic acids is 1. The summed E-state index contributed by atoms with van der Waals surface area (Å²) in [5.74, 6) is -0.0971. The van der Waals surface area contributed by atoms with Gasteiger partial charge in [0.15, 0.2) is 0 Å². The Morgan fingerprint density at radius 1 is 1.67 bits per heavy atom. The van der Waals surface area contributed by atoms with Crippen molar-refractivity contribution in [2.45, 2.75) is 31.8 Å². The number of nitrogens with zero attached hydrogens (tertiary/aromatic N) is 1. The number of nitrogens with one attached hydrogen (secondary N) is 1. The van der Waals surface area contributed by atoms with Gasteiger partial charge in [0.25, 0.3) is 5.91 Å². The molecular formula is C13H19N3O2. The standard InChI is InChI=1S/C13H19N3O2/c1-13(4-2-6-18-9-13)16-12(17)10-3-5-15-11(7-10)8-14/h3,5,7H,2,4,6,8-9,14H2,1H3,(H,16,17). The van der Waals surface area contributed by atoms with Gasteiger partial charge in [0, 0.05) is 24.9 Å². The molecule has 1 aliphatic rings. The summed E-state index contributed by atoms with van der Waals surface area (Å²) in [5, 5.41) is 3.03. The largest absolute Gasteiger partial charge is 0.379 e. The number of carbonyl (C=O) groups is 1. The molecule has 18 heavy (non-hydrogen) atoms. The molecule has 2 rings (SSSR count). The molecule has 0 bridgehead atoms. The smallest absolute Gasteiger partial charge is 0.251 e. The number of nitrogens with two attached hydrogens (primary N) is 1. The van der Waals surface area contributed by atoms with E-state index in [9.17, 15) is 4.79 Å². The molecule has 0 radical (unpaired) electrons. The minimum absolute atomic E-state index is 0.0971. The van der Waals surface area contributed by atoms with E-state index in [0.29, 0.717) is 24.4 Å².